The number of carbonyl (C=O) groups excluding carboxylic acids is 1. The molecule has 0 fully saturated rings. The standard InChI is InChI=1S/C15H16N2O3/c1-9-5-6-12(10(2)7-9)17-8-11(3)14(18)13(16-17)15(19)20-4/h5-8H,1-4H3. The van der Waals surface area contributed by atoms with Crippen molar-refractivity contribution in [2.24, 2.45) is 0 Å². The first-order valence-electron chi connectivity index (χ1n) is 6.20. The van der Waals surface area contributed by atoms with E-state index in [4.69, 9.17) is 0 Å². The van der Waals surface area contributed by atoms with Crippen molar-refractivity contribution in [2.75, 3.05) is 7.11 Å². The molecule has 0 N–H and O–H groups in total. The van der Waals surface area contributed by atoms with Crippen molar-refractivity contribution in [1.82, 2.24) is 9.78 Å². The first kappa shape index (κ1) is 14.0. The van der Waals surface area contributed by atoms with E-state index in [1.165, 1.54) is 11.8 Å². The summed E-state index contributed by atoms with van der Waals surface area (Å²) in [5.74, 6) is -0.725. The Kier molecular flexibility index (Phi) is 3.70. The van der Waals surface area contributed by atoms with Crippen LogP contribution in [0.25, 0.3) is 5.69 Å². The van der Waals surface area contributed by atoms with Crippen LogP contribution in [-0.2, 0) is 4.74 Å². The number of hydrogen-bond donors (Lipinski definition) is 0. The third-order valence-corrected chi connectivity index (χ3v) is 3.07. The molecule has 2 aromatic rings. The maximum Gasteiger partial charge on any atom is 0.362 e. The summed E-state index contributed by atoms with van der Waals surface area (Å²) in [5, 5.41) is 4.09. The van der Waals surface area contributed by atoms with Crippen LogP contribution in [0, 0.1) is 20.8 Å². The predicted octanol–water partition coefficient (Wildman–Crippen LogP) is 1.94. The van der Waals surface area contributed by atoms with Gasteiger partial charge in [-0.05, 0) is 32.4 Å². The molecule has 0 spiro atoms. The Labute approximate surface area is 116 Å². The maximum absolute atomic E-state index is 11.9. The average molecular weight is 272 g/mol. The summed E-state index contributed by atoms with van der Waals surface area (Å²) in [5.41, 5.74) is 2.81. The predicted molar refractivity (Wildman–Crippen MR) is 75.4 cm³/mol. The van der Waals surface area contributed by atoms with Crippen LogP contribution in [0.5, 0.6) is 0 Å². The zero-order valence-electron chi connectivity index (χ0n) is 11.9. The molecule has 0 unspecified atom stereocenters. The summed E-state index contributed by atoms with van der Waals surface area (Å²) in [7, 11) is 1.23. The number of nitrogens with zero attached hydrogens (tertiary/aromatic N) is 2. The van der Waals surface area contributed by atoms with Crippen molar-refractivity contribution in [3.8, 4) is 5.69 Å². The molecule has 5 nitrogen and oxygen atoms in total. The molecule has 0 atom stereocenters. The molecule has 0 aliphatic heterocycles. The summed E-state index contributed by atoms with van der Waals surface area (Å²) in [6, 6.07) is 5.88. The molecule has 0 amide bonds. The maximum atomic E-state index is 11.9. The summed E-state index contributed by atoms with van der Waals surface area (Å²) in [4.78, 5) is 23.5. The number of methoxy groups -OCH3 is 1. The Hall–Kier alpha value is -2.43. The zero-order chi connectivity index (χ0) is 14.9. The lowest BCUT2D eigenvalue weighted by Gasteiger charge is -2.11. The monoisotopic (exact) mass is 272 g/mol. The number of rotatable bonds is 2. The molecule has 1 aromatic carbocycles. The van der Waals surface area contributed by atoms with Gasteiger partial charge in [-0.1, -0.05) is 17.7 Å². The third kappa shape index (κ3) is 2.47. The molecule has 0 aliphatic carbocycles. The fourth-order valence-electron chi connectivity index (χ4n) is 2.03. The van der Waals surface area contributed by atoms with E-state index < -0.39 is 11.4 Å². The number of carbonyl (C=O) groups is 1. The van der Waals surface area contributed by atoms with Gasteiger partial charge in [0.05, 0.1) is 12.8 Å². The Morgan fingerprint density at radius 3 is 2.50 bits per heavy atom. The van der Waals surface area contributed by atoms with Gasteiger partial charge < -0.3 is 4.74 Å². The van der Waals surface area contributed by atoms with E-state index in [1.54, 1.807) is 13.1 Å². The van der Waals surface area contributed by atoms with Gasteiger partial charge in [-0.25, -0.2) is 9.48 Å². The second-order valence-electron chi connectivity index (χ2n) is 4.72. The van der Waals surface area contributed by atoms with Crippen LogP contribution in [-0.4, -0.2) is 22.9 Å². The van der Waals surface area contributed by atoms with Crippen molar-refractivity contribution in [3.63, 3.8) is 0 Å². The number of benzene rings is 1. The number of esters is 1. The molecule has 0 bridgehead atoms. The quantitative estimate of drug-likeness (QED) is 0.784. The fraction of sp³-hybridized carbons (Fsp3) is 0.267. The second kappa shape index (κ2) is 5.28. The Bertz CT molecular complexity index is 732. The lowest BCUT2D eigenvalue weighted by atomic mass is 10.1. The lowest BCUT2D eigenvalue weighted by molar-refractivity contribution is 0.0590. The highest BCUT2D eigenvalue weighted by molar-refractivity contribution is 5.87. The average Bonchev–Trinajstić information content (AvgIpc) is 2.41. The molecule has 1 aromatic heterocycles. The van der Waals surface area contributed by atoms with Crippen LogP contribution in [0.4, 0.5) is 0 Å². The van der Waals surface area contributed by atoms with Crippen molar-refractivity contribution < 1.29 is 9.53 Å². The van der Waals surface area contributed by atoms with E-state index in [0.29, 0.717) is 5.56 Å². The summed E-state index contributed by atoms with van der Waals surface area (Å²) in [6.45, 7) is 5.60. The molecular formula is C15H16N2O3. The van der Waals surface area contributed by atoms with Gasteiger partial charge in [0, 0.05) is 11.8 Å². The number of ether oxygens (including phenoxy) is 1. The normalized spacial score (nSPS) is 10.4. The molecule has 0 saturated carbocycles. The van der Waals surface area contributed by atoms with Gasteiger partial charge in [0.15, 0.2) is 0 Å². The highest BCUT2D eigenvalue weighted by Crippen LogP contribution is 2.14. The van der Waals surface area contributed by atoms with Crippen molar-refractivity contribution in [1.29, 1.82) is 0 Å². The molecule has 104 valence electrons. The van der Waals surface area contributed by atoms with Crippen molar-refractivity contribution in [2.45, 2.75) is 20.8 Å². The largest absolute Gasteiger partial charge is 0.464 e. The number of aromatic nitrogens is 2. The smallest absolute Gasteiger partial charge is 0.362 e. The van der Waals surface area contributed by atoms with Crippen molar-refractivity contribution in [3.05, 3.63) is 57.0 Å². The van der Waals surface area contributed by atoms with Crippen LogP contribution < -0.4 is 5.43 Å². The van der Waals surface area contributed by atoms with Crippen LogP contribution in [0.1, 0.15) is 27.2 Å². The van der Waals surface area contributed by atoms with Gasteiger partial charge in [0.25, 0.3) is 0 Å². The molecule has 0 aliphatic rings. The van der Waals surface area contributed by atoms with E-state index in [0.717, 1.165) is 16.8 Å². The van der Waals surface area contributed by atoms with E-state index in [9.17, 15) is 9.59 Å². The minimum absolute atomic E-state index is 0.201. The Morgan fingerprint density at radius 1 is 1.20 bits per heavy atom. The SMILES string of the molecule is COC(=O)c1nn(-c2ccc(C)cc2C)cc(C)c1=O. The second-order valence-corrected chi connectivity index (χ2v) is 4.72. The Morgan fingerprint density at radius 2 is 1.90 bits per heavy atom. The molecule has 0 radical (unpaired) electrons. The van der Waals surface area contributed by atoms with Crippen LogP contribution >= 0.6 is 0 Å². The topological polar surface area (TPSA) is 61.2 Å². The first-order chi connectivity index (χ1) is 9.43. The molecular weight excluding hydrogens is 256 g/mol. The van der Waals surface area contributed by atoms with Crippen LogP contribution in [0.15, 0.2) is 29.2 Å². The Balaban J connectivity index is 2.67. The van der Waals surface area contributed by atoms with Gasteiger partial charge in [-0.3, -0.25) is 4.79 Å². The molecule has 2 rings (SSSR count). The van der Waals surface area contributed by atoms with E-state index in [2.05, 4.69) is 9.84 Å². The van der Waals surface area contributed by atoms with Gasteiger partial charge in [-0.2, -0.15) is 5.10 Å². The fourth-order valence-corrected chi connectivity index (χ4v) is 2.03. The van der Waals surface area contributed by atoms with E-state index in [1.807, 2.05) is 32.0 Å². The minimum Gasteiger partial charge on any atom is -0.464 e. The molecule has 0 saturated heterocycles. The van der Waals surface area contributed by atoms with Gasteiger partial charge >= 0.3 is 5.97 Å². The van der Waals surface area contributed by atoms with Crippen LogP contribution in [0.3, 0.4) is 0 Å². The van der Waals surface area contributed by atoms with Gasteiger partial charge in [0.1, 0.15) is 0 Å². The summed E-state index contributed by atoms with van der Waals surface area (Å²) < 4.78 is 6.14. The first-order valence-corrected chi connectivity index (χ1v) is 6.20. The molecule has 5 heteroatoms. The number of hydrogen-bond acceptors (Lipinski definition) is 4. The van der Waals surface area contributed by atoms with E-state index >= 15 is 0 Å². The molecule has 20 heavy (non-hydrogen) atoms. The summed E-state index contributed by atoms with van der Waals surface area (Å²) >= 11 is 0. The van der Waals surface area contributed by atoms with Crippen LogP contribution in [0.2, 0.25) is 0 Å². The highest BCUT2D eigenvalue weighted by atomic mass is 16.5. The zero-order valence-corrected chi connectivity index (χ0v) is 11.9. The third-order valence-electron chi connectivity index (χ3n) is 3.07. The highest BCUT2D eigenvalue weighted by Gasteiger charge is 2.16. The lowest BCUT2D eigenvalue weighted by Crippen LogP contribution is -2.24. The molecule has 1 heterocycles. The van der Waals surface area contributed by atoms with Gasteiger partial charge in [-0.15, -0.1) is 0 Å². The van der Waals surface area contributed by atoms with E-state index in [-0.39, 0.29) is 5.69 Å². The van der Waals surface area contributed by atoms with Crippen molar-refractivity contribution >= 4 is 5.97 Å². The van der Waals surface area contributed by atoms with Gasteiger partial charge in [0.2, 0.25) is 11.1 Å². The minimum atomic E-state index is -0.725. The summed E-state index contributed by atoms with van der Waals surface area (Å²) in [6.07, 6.45) is 1.62. The number of aryl methyl sites for hydroxylation is 3.